The second kappa shape index (κ2) is 3.27. The number of aryl methyl sites for hydroxylation is 1. The van der Waals surface area contributed by atoms with Gasteiger partial charge < -0.3 is 5.73 Å². The molecule has 2 N–H and O–H groups in total. The molecule has 1 aromatic rings. The topological polar surface area (TPSA) is 49.8 Å². The van der Waals surface area contributed by atoms with E-state index in [4.69, 9.17) is 11.0 Å². The molecule has 0 saturated carbocycles. The first-order chi connectivity index (χ1) is 5.69. The molecule has 0 aromatic heterocycles. The summed E-state index contributed by atoms with van der Waals surface area (Å²) in [4.78, 5) is 0. The van der Waals surface area contributed by atoms with Gasteiger partial charge in [0.15, 0.2) is 0 Å². The second-order valence-corrected chi connectivity index (χ2v) is 2.83. The largest absolute Gasteiger partial charge is 0.398 e. The standard InChI is InChI=1S/C10H12N2/c1-3-9-7(2)4-8(6-11)5-10(9)12/h4-5H,3,12H2,1-2H3. The Morgan fingerprint density at radius 3 is 2.58 bits per heavy atom. The highest BCUT2D eigenvalue weighted by atomic mass is 14.6. The molecule has 0 saturated heterocycles. The lowest BCUT2D eigenvalue weighted by Crippen LogP contribution is -1.96. The Labute approximate surface area is 72.6 Å². The highest BCUT2D eigenvalue weighted by molar-refractivity contribution is 5.55. The molecule has 0 fully saturated rings. The van der Waals surface area contributed by atoms with Gasteiger partial charge in [-0.3, -0.25) is 0 Å². The molecule has 2 heteroatoms. The van der Waals surface area contributed by atoms with Crippen molar-refractivity contribution in [2.45, 2.75) is 20.3 Å². The van der Waals surface area contributed by atoms with E-state index in [-0.39, 0.29) is 0 Å². The summed E-state index contributed by atoms with van der Waals surface area (Å²) in [5, 5.41) is 8.64. The van der Waals surface area contributed by atoms with Gasteiger partial charge >= 0.3 is 0 Å². The molecule has 0 atom stereocenters. The van der Waals surface area contributed by atoms with E-state index in [0.717, 1.165) is 23.2 Å². The van der Waals surface area contributed by atoms with Crippen LogP contribution in [-0.4, -0.2) is 0 Å². The molecule has 0 aliphatic rings. The van der Waals surface area contributed by atoms with Crippen LogP contribution in [0.4, 0.5) is 5.69 Å². The zero-order valence-corrected chi connectivity index (χ0v) is 7.39. The third kappa shape index (κ3) is 1.40. The number of benzene rings is 1. The molecule has 0 amide bonds. The lowest BCUT2D eigenvalue weighted by atomic mass is 10.0. The van der Waals surface area contributed by atoms with Gasteiger partial charge in [-0.1, -0.05) is 6.92 Å². The molecule has 0 aliphatic heterocycles. The molecule has 12 heavy (non-hydrogen) atoms. The summed E-state index contributed by atoms with van der Waals surface area (Å²) in [5.41, 5.74) is 9.38. The number of hydrogen-bond donors (Lipinski definition) is 1. The van der Waals surface area contributed by atoms with E-state index in [1.54, 1.807) is 6.07 Å². The van der Waals surface area contributed by atoms with Crippen LogP contribution in [0.15, 0.2) is 12.1 Å². The van der Waals surface area contributed by atoms with Crippen molar-refractivity contribution < 1.29 is 0 Å². The minimum Gasteiger partial charge on any atom is -0.398 e. The van der Waals surface area contributed by atoms with Gasteiger partial charge in [0.2, 0.25) is 0 Å². The Balaban J connectivity index is 3.30. The highest BCUT2D eigenvalue weighted by Crippen LogP contribution is 2.19. The Kier molecular flexibility index (Phi) is 2.35. The molecule has 2 nitrogen and oxygen atoms in total. The van der Waals surface area contributed by atoms with Crippen LogP contribution < -0.4 is 5.73 Å². The Morgan fingerprint density at radius 2 is 2.17 bits per heavy atom. The van der Waals surface area contributed by atoms with Crippen LogP contribution in [0.3, 0.4) is 0 Å². The minimum absolute atomic E-state index is 0.641. The van der Waals surface area contributed by atoms with Crippen molar-refractivity contribution in [3.8, 4) is 6.07 Å². The van der Waals surface area contributed by atoms with Crippen LogP contribution in [0, 0.1) is 18.3 Å². The van der Waals surface area contributed by atoms with Crippen molar-refractivity contribution in [1.82, 2.24) is 0 Å². The zero-order chi connectivity index (χ0) is 9.14. The van der Waals surface area contributed by atoms with Crippen molar-refractivity contribution in [2.75, 3.05) is 5.73 Å². The first kappa shape index (κ1) is 8.61. The number of hydrogen-bond acceptors (Lipinski definition) is 2. The van der Waals surface area contributed by atoms with Gasteiger partial charge in [0, 0.05) is 5.69 Å². The van der Waals surface area contributed by atoms with Crippen molar-refractivity contribution in [3.05, 3.63) is 28.8 Å². The molecule has 62 valence electrons. The van der Waals surface area contributed by atoms with Crippen LogP contribution in [0.2, 0.25) is 0 Å². The van der Waals surface area contributed by atoms with Crippen molar-refractivity contribution in [1.29, 1.82) is 5.26 Å². The van der Waals surface area contributed by atoms with E-state index in [1.807, 2.05) is 13.0 Å². The second-order valence-electron chi connectivity index (χ2n) is 2.83. The molecule has 0 aliphatic carbocycles. The Bertz CT molecular complexity index is 311. The van der Waals surface area contributed by atoms with E-state index < -0.39 is 0 Å². The quantitative estimate of drug-likeness (QED) is 0.639. The van der Waals surface area contributed by atoms with Crippen molar-refractivity contribution in [2.24, 2.45) is 0 Å². The molecule has 0 bridgehead atoms. The normalized spacial score (nSPS) is 9.42. The monoisotopic (exact) mass is 160 g/mol. The summed E-state index contributed by atoms with van der Waals surface area (Å²) in [7, 11) is 0. The lowest BCUT2D eigenvalue weighted by molar-refractivity contribution is 1.11. The molecule has 0 spiro atoms. The van der Waals surface area contributed by atoms with Crippen LogP contribution in [-0.2, 0) is 6.42 Å². The Morgan fingerprint density at radius 1 is 1.50 bits per heavy atom. The summed E-state index contributed by atoms with van der Waals surface area (Å²) < 4.78 is 0. The molecule has 0 heterocycles. The van der Waals surface area contributed by atoms with E-state index >= 15 is 0 Å². The molecule has 0 radical (unpaired) electrons. The van der Waals surface area contributed by atoms with E-state index in [9.17, 15) is 0 Å². The molecule has 1 aromatic carbocycles. The summed E-state index contributed by atoms with van der Waals surface area (Å²) in [6, 6.07) is 5.68. The van der Waals surface area contributed by atoms with E-state index in [1.165, 1.54) is 0 Å². The van der Waals surface area contributed by atoms with Gasteiger partial charge in [-0.05, 0) is 36.6 Å². The third-order valence-corrected chi connectivity index (χ3v) is 1.99. The average Bonchev–Trinajstić information content (AvgIpc) is 2.03. The van der Waals surface area contributed by atoms with Crippen LogP contribution >= 0.6 is 0 Å². The maximum absolute atomic E-state index is 8.64. The Hall–Kier alpha value is -1.49. The summed E-state index contributed by atoms with van der Waals surface area (Å²) in [6.45, 7) is 4.04. The van der Waals surface area contributed by atoms with Gasteiger partial charge in [0.25, 0.3) is 0 Å². The number of anilines is 1. The SMILES string of the molecule is CCc1c(C)cc(C#N)cc1N. The fourth-order valence-corrected chi connectivity index (χ4v) is 1.39. The van der Waals surface area contributed by atoms with Crippen LogP contribution in [0.5, 0.6) is 0 Å². The fourth-order valence-electron chi connectivity index (χ4n) is 1.39. The smallest absolute Gasteiger partial charge is 0.0992 e. The minimum atomic E-state index is 0.641. The van der Waals surface area contributed by atoms with E-state index in [2.05, 4.69) is 13.0 Å². The molecule has 0 unspecified atom stereocenters. The molecular weight excluding hydrogens is 148 g/mol. The van der Waals surface area contributed by atoms with Gasteiger partial charge in [-0.2, -0.15) is 5.26 Å². The summed E-state index contributed by atoms with van der Waals surface area (Å²) in [5.74, 6) is 0. The van der Waals surface area contributed by atoms with E-state index in [0.29, 0.717) is 5.56 Å². The predicted octanol–water partition coefficient (Wildman–Crippen LogP) is 2.01. The first-order valence-electron chi connectivity index (χ1n) is 3.98. The van der Waals surface area contributed by atoms with Gasteiger partial charge in [0.05, 0.1) is 11.6 Å². The van der Waals surface area contributed by atoms with Gasteiger partial charge in [-0.25, -0.2) is 0 Å². The van der Waals surface area contributed by atoms with Gasteiger partial charge in [0.1, 0.15) is 0 Å². The number of nitrogens with zero attached hydrogens (tertiary/aromatic N) is 1. The highest BCUT2D eigenvalue weighted by Gasteiger charge is 2.02. The number of nitrogens with two attached hydrogens (primary N) is 1. The van der Waals surface area contributed by atoms with Crippen molar-refractivity contribution >= 4 is 5.69 Å². The molecule has 1 rings (SSSR count). The first-order valence-corrected chi connectivity index (χ1v) is 3.98. The summed E-state index contributed by atoms with van der Waals surface area (Å²) in [6.07, 6.45) is 0.920. The summed E-state index contributed by atoms with van der Waals surface area (Å²) >= 11 is 0. The maximum Gasteiger partial charge on any atom is 0.0992 e. The van der Waals surface area contributed by atoms with Crippen molar-refractivity contribution in [3.63, 3.8) is 0 Å². The van der Waals surface area contributed by atoms with Gasteiger partial charge in [-0.15, -0.1) is 0 Å². The average molecular weight is 160 g/mol. The fraction of sp³-hybridized carbons (Fsp3) is 0.300. The zero-order valence-electron chi connectivity index (χ0n) is 7.39. The maximum atomic E-state index is 8.64. The number of rotatable bonds is 1. The number of nitrogen functional groups attached to an aromatic ring is 1. The lowest BCUT2D eigenvalue weighted by Gasteiger charge is -2.06. The van der Waals surface area contributed by atoms with Crippen LogP contribution in [0.1, 0.15) is 23.6 Å². The predicted molar refractivity (Wildman–Crippen MR) is 49.7 cm³/mol. The third-order valence-electron chi connectivity index (χ3n) is 1.99. The van der Waals surface area contributed by atoms with Crippen LogP contribution in [0.25, 0.3) is 0 Å². The number of nitriles is 1. The molecular formula is C10H12N2.